The van der Waals surface area contributed by atoms with E-state index in [-0.39, 0.29) is 25.0 Å². The van der Waals surface area contributed by atoms with Crippen LogP contribution < -0.4 is 10.6 Å². The van der Waals surface area contributed by atoms with Gasteiger partial charge in [0.25, 0.3) is 5.91 Å². The van der Waals surface area contributed by atoms with Crippen molar-refractivity contribution in [2.45, 2.75) is 6.92 Å². The topological polar surface area (TPSA) is 78.4 Å². The van der Waals surface area contributed by atoms with Crippen molar-refractivity contribution in [1.29, 1.82) is 0 Å². The fourth-order valence-corrected chi connectivity index (χ4v) is 1.21. The van der Waals surface area contributed by atoms with Crippen molar-refractivity contribution in [2.24, 2.45) is 0 Å². The first kappa shape index (κ1) is 12.2. The van der Waals surface area contributed by atoms with Crippen molar-refractivity contribution in [1.82, 2.24) is 5.32 Å². The molecular weight excluding hydrogens is 208 g/mol. The molecule has 0 heterocycles. The summed E-state index contributed by atoms with van der Waals surface area (Å²) in [5, 5.41) is 13.7. The Bertz CT molecular complexity index is 391. The number of carbonyl (C=O) groups is 2. The van der Waals surface area contributed by atoms with E-state index in [0.717, 1.165) is 0 Å². The Morgan fingerprint density at radius 1 is 1.38 bits per heavy atom. The molecule has 1 aromatic rings. The number of hydrogen-bond acceptors (Lipinski definition) is 3. The van der Waals surface area contributed by atoms with E-state index in [2.05, 4.69) is 10.6 Å². The number of carbonyl (C=O) groups excluding carboxylic acids is 2. The fraction of sp³-hybridized carbons (Fsp3) is 0.273. The average molecular weight is 222 g/mol. The van der Waals surface area contributed by atoms with Crippen molar-refractivity contribution < 1.29 is 14.7 Å². The van der Waals surface area contributed by atoms with Gasteiger partial charge in [-0.25, -0.2) is 0 Å². The number of rotatable bonds is 4. The van der Waals surface area contributed by atoms with Gasteiger partial charge in [-0.2, -0.15) is 0 Å². The third-order valence-corrected chi connectivity index (χ3v) is 1.84. The zero-order chi connectivity index (χ0) is 12.0. The van der Waals surface area contributed by atoms with Crippen LogP contribution in [0.5, 0.6) is 0 Å². The Morgan fingerprint density at radius 3 is 2.75 bits per heavy atom. The van der Waals surface area contributed by atoms with E-state index in [0.29, 0.717) is 11.3 Å². The van der Waals surface area contributed by atoms with Crippen molar-refractivity contribution in [3.8, 4) is 0 Å². The van der Waals surface area contributed by atoms with Crippen LogP contribution in [0.1, 0.15) is 17.3 Å². The van der Waals surface area contributed by atoms with Crippen molar-refractivity contribution in [2.75, 3.05) is 18.5 Å². The maximum absolute atomic E-state index is 11.5. The zero-order valence-corrected chi connectivity index (χ0v) is 8.99. The highest BCUT2D eigenvalue weighted by atomic mass is 16.3. The number of amides is 2. The van der Waals surface area contributed by atoms with Crippen molar-refractivity contribution in [3.05, 3.63) is 29.8 Å². The fourth-order valence-electron chi connectivity index (χ4n) is 1.21. The van der Waals surface area contributed by atoms with E-state index < -0.39 is 0 Å². The molecule has 0 saturated carbocycles. The average Bonchev–Trinajstić information content (AvgIpc) is 2.25. The Kier molecular flexibility index (Phi) is 4.47. The van der Waals surface area contributed by atoms with Gasteiger partial charge in [-0.3, -0.25) is 9.59 Å². The van der Waals surface area contributed by atoms with Gasteiger partial charge in [0.1, 0.15) is 0 Å². The number of nitrogens with one attached hydrogen (secondary N) is 2. The first-order chi connectivity index (χ1) is 7.63. The van der Waals surface area contributed by atoms with Gasteiger partial charge >= 0.3 is 0 Å². The summed E-state index contributed by atoms with van der Waals surface area (Å²) < 4.78 is 0. The summed E-state index contributed by atoms with van der Waals surface area (Å²) in [7, 11) is 0. The van der Waals surface area contributed by atoms with E-state index in [1.807, 2.05) is 0 Å². The zero-order valence-electron chi connectivity index (χ0n) is 8.99. The molecule has 86 valence electrons. The lowest BCUT2D eigenvalue weighted by Gasteiger charge is -2.06. The molecule has 0 atom stereocenters. The summed E-state index contributed by atoms with van der Waals surface area (Å²) >= 11 is 0. The minimum atomic E-state index is -0.277. The molecule has 0 radical (unpaired) electrons. The van der Waals surface area contributed by atoms with E-state index in [1.165, 1.54) is 6.92 Å². The smallest absolute Gasteiger partial charge is 0.251 e. The van der Waals surface area contributed by atoms with Gasteiger partial charge in [-0.1, -0.05) is 6.07 Å². The highest BCUT2D eigenvalue weighted by molar-refractivity contribution is 5.96. The molecule has 0 saturated heterocycles. The van der Waals surface area contributed by atoms with Gasteiger partial charge in [0.15, 0.2) is 0 Å². The number of benzene rings is 1. The highest BCUT2D eigenvalue weighted by Gasteiger charge is 2.05. The van der Waals surface area contributed by atoms with Gasteiger partial charge in [-0.05, 0) is 18.2 Å². The molecule has 0 unspecified atom stereocenters. The standard InChI is InChI=1S/C11H14N2O3/c1-8(15)13-10-4-2-3-9(7-10)11(16)12-5-6-14/h2-4,7,14H,5-6H2,1H3,(H,12,16)(H,13,15). The molecule has 0 bridgehead atoms. The Hall–Kier alpha value is -1.88. The maximum Gasteiger partial charge on any atom is 0.251 e. The predicted molar refractivity (Wildman–Crippen MR) is 60.2 cm³/mol. The van der Waals surface area contributed by atoms with Gasteiger partial charge in [0, 0.05) is 24.7 Å². The molecule has 0 aliphatic rings. The molecule has 0 fully saturated rings. The Morgan fingerprint density at radius 2 is 2.12 bits per heavy atom. The summed E-state index contributed by atoms with van der Waals surface area (Å²) in [5.41, 5.74) is 1.02. The molecule has 0 aromatic heterocycles. The van der Waals surface area contributed by atoms with Crippen LogP contribution in [0.3, 0.4) is 0 Å². The summed E-state index contributed by atoms with van der Waals surface area (Å²) in [6.45, 7) is 1.51. The number of aliphatic hydroxyl groups is 1. The van der Waals surface area contributed by atoms with Crippen LogP contribution in [0.15, 0.2) is 24.3 Å². The van der Waals surface area contributed by atoms with E-state index in [9.17, 15) is 9.59 Å². The van der Waals surface area contributed by atoms with Crippen LogP contribution in [0.2, 0.25) is 0 Å². The van der Waals surface area contributed by atoms with Gasteiger partial charge in [-0.15, -0.1) is 0 Å². The van der Waals surface area contributed by atoms with Crippen molar-refractivity contribution >= 4 is 17.5 Å². The van der Waals surface area contributed by atoms with Crippen LogP contribution in [0, 0.1) is 0 Å². The third-order valence-electron chi connectivity index (χ3n) is 1.84. The molecule has 5 heteroatoms. The molecule has 5 nitrogen and oxygen atoms in total. The lowest BCUT2D eigenvalue weighted by Crippen LogP contribution is -2.26. The Labute approximate surface area is 93.5 Å². The predicted octanol–water partition coefficient (Wildman–Crippen LogP) is 0.367. The largest absolute Gasteiger partial charge is 0.395 e. The van der Waals surface area contributed by atoms with E-state index in [1.54, 1.807) is 24.3 Å². The monoisotopic (exact) mass is 222 g/mol. The molecule has 1 aromatic carbocycles. The SMILES string of the molecule is CC(=O)Nc1cccc(C(=O)NCCO)c1. The molecule has 1 rings (SSSR count). The molecule has 3 N–H and O–H groups in total. The molecule has 0 aliphatic heterocycles. The number of hydrogen-bond donors (Lipinski definition) is 3. The minimum Gasteiger partial charge on any atom is -0.395 e. The molecular formula is C11H14N2O3. The van der Waals surface area contributed by atoms with Crippen LogP contribution in [-0.2, 0) is 4.79 Å². The second-order valence-electron chi connectivity index (χ2n) is 3.24. The minimum absolute atomic E-state index is 0.100. The summed E-state index contributed by atoms with van der Waals surface area (Å²) in [4.78, 5) is 22.3. The Balaban J connectivity index is 2.73. The second-order valence-corrected chi connectivity index (χ2v) is 3.24. The number of anilines is 1. The van der Waals surface area contributed by atoms with Crippen LogP contribution in [0.25, 0.3) is 0 Å². The maximum atomic E-state index is 11.5. The quantitative estimate of drug-likeness (QED) is 0.688. The summed E-state index contributed by atoms with van der Waals surface area (Å²) in [6, 6.07) is 6.59. The highest BCUT2D eigenvalue weighted by Crippen LogP contribution is 2.10. The van der Waals surface area contributed by atoms with E-state index in [4.69, 9.17) is 5.11 Å². The molecule has 0 spiro atoms. The lowest BCUT2D eigenvalue weighted by molar-refractivity contribution is -0.114. The first-order valence-electron chi connectivity index (χ1n) is 4.90. The third kappa shape index (κ3) is 3.70. The molecule has 16 heavy (non-hydrogen) atoms. The van der Waals surface area contributed by atoms with Gasteiger partial charge < -0.3 is 15.7 Å². The van der Waals surface area contributed by atoms with Crippen LogP contribution in [-0.4, -0.2) is 30.1 Å². The summed E-state index contributed by atoms with van der Waals surface area (Å²) in [6.07, 6.45) is 0. The summed E-state index contributed by atoms with van der Waals surface area (Å²) in [5.74, 6) is -0.464. The second kappa shape index (κ2) is 5.87. The lowest BCUT2D eigenvalue weighted by atomic mass is 10.2. The van der Waals surface area contributed by atoms with Crippen LogP contribution >= 0.6 is 0 Å². The van der Waals surface area contributed by atoms with Gasteiger partial charge in [0.05, 0.1) is 6.61 Å². The molecule has 2 amide bonds. The number of aliphatic hydroxyl groups excluding tert-OH is 1. The van der Waals surface area contributed by atoms with Gasteiger partial charge in [0.2, 0.25) is 5.91 Å². The van der Waals surface area contributed by atoms with Crippen LogP contribution in [0.4, 0.5) is 5.69 Å². The first-order valence-corrected chi connectivity index (χ1v) is 4.90. The van der Waals surface area contributed by atoms with Crippen molar-refractivity contribution in [3.63, 3.8) is 0 Å². The van der Waals surface area contributed by atoms with E-state index >= 15 is 0 Å². The molecule has 0 aliphatic carbocycles. The normalized spacial score (nSPS) is 9.62.